The summed E-state index contributed by atoms with van der Waals surface area (Å²) in [5.74, 6) is 1.71. The summed E-state index contributed by atoms with van der Waals surface area (Å²) in [6, 6.07) is 6.20. The van der Waals surface area contributed by atoms with E-state index in [0.29, 0.717) is 4.83 Å². The van der Waals surface area contributed by atoms with Gasteiger partial charge < -0.3 is 9.47 Å². The van der Waals surface area contributed by atoms with E-state index in [9.17, 15) is 0 Å². The third kappa shape index (κ3) is 4.52. The van der Waals surface area contributed by atoms with Gasteiger partial charge in [0.1, 0.15) is 0 Å². The fraction of sp³-hybridized carbons (Fsp3) is 0.600. The van der Waals surface area contributed by atoms with Crippen LogP contribution in [0.1, 0.15) is 50.4 Å². The summed E-state index contributed by atoms with van der Waals surface area (Å²) in [4.78, 5) is 0.377. The van der Waals surface area contributed by atoms with Gasteiger partial charge in [0.15, 0.2) is 11.5 Å². The molecule has 2 nitrogen and oxygen atoms in total. The van der Waals surface area contributed by atoms with E-state index >= 15 is 0 Å². The Morgan fingerprint density at radius 2 is 1.61 bits per heavy atom. The average Bonchev–Trinajstić information content (AvgIpc) is 2.42. The minimum atomic E-state index is 0.377. The van der Waals surface area contributed by atoms with Gasteiger partial charge in [0, 0.05) is 4.83 Å². The van der Waals surface area contributed by atoms with Gasteiger partial charge in [0.25, 0.3) is 0 Å². The summed E-state index contributed by atoms with van der Waals surface area (Å²) in [7, 11) is 0. The second-order valence-corrected chi connectivity index (χ2v) is 5.38. The molecule has 1 unspecified atom stereocenters. The van der Waals surface area contributed by atoms with Gasteiger partial charge in [0.2, 0.25) is 0 Å². The molecule has 1 atom stereocenters. The van der Waals surface area contributed by atoms with Crippen LogP contribution in [0.15, 0.2) is 18.2 Å². The maximum Gasteiger partial charge on any atom is 0.161 e. The fourth-order valence-electron chi connectivity index (χ4n) is 1.61. The van der Waals surface area contributed by atoms with Crippen molar-refractivity contribution in [2.45, 2.75) is 44.9 Å². The van der Waals surface area contributed by atoms with Crippen LogP contribution in [-0.4, -0.2) is 13.2 Å². The van der Waals surface area contributed by atoms with Crippen molar-refractivity contribution in [1.82, 2.24) is 0 Å². The molecule has 18 heavy (non-hydrogen) atoms. The van der Waals surface area contributed by atoms with Crippen LogP contribution in [-0.2, 0) is 0 Å². The predicted molar refractivity (Wildman–Crippen MR) is 80.0 cm³/mol. The maximum absolute atomic E-state index is 5.77. The molecule has 0 radical (unpaired) electrons. The monoisotopic (exact) mass is 314 g/mol. The molecule has 0 heterocycles. The van der Waals surface area contributed by atoms with Crippen molar-refractivity contribution in [3.05, 3.63) is 23.8 Å². The SMILES string of the molecule is CCCOc1ccc(C(Br)CC)cc1OCCC. The number of hydrogen-bond acceptors (Lipinski definition) is 2. The third-order valence-corrected chi connectivity index (χ3v) is 3.79. The third-order valence-electron chi connectivity index (χ3n) is 2.61. The molecular weight excluding hydrogens is 292 g/mol. The Bertz CT molecular complexity index is 352. The smallest absolute Gasteiger partial charge is 0.161 e. The number of rotatable bonds is 8. The van der Waals surface area contributed by atoms with Gasteiger partial charge in [-0.3, -0.25) is 0 Å². The molecule has 0 bridgehead atoms. The largest absolute Gasteiger partial charge is 0.490 e. The molecule has 1 rings (SSSR count). The van der Waals surface area contributed by atoms with Gasteiger partial charge in [-0.2, -0.15) is 0 Å². The van der Waals surface area contributed by atoms with E-state index in [4.69, 9.17) is 9.47 Å². The molecule has 0 aromatic heterocycles. The molecule has 0 saturated carbocycles. The van der Waals surface area contributed by atoms with Crippen LogP contribution >= 0.6 is 15.9 Å². The van der Waals surface area contributed by atoms with Gasteiger partial charge in [0.05, 0.1) is 13.2 Å². The quantitative estimate of drug-likeness (QED) is 0.621. The molecule has 3 heteroatoms. The Hall–Kier alpha value is -0.700. The fourth-order valence-corrected chi connectivity index (χ4v) is 1.90. The Labute approximate surface area is 119 Å². The van der Waals surface area contributed by atoms with Crippen molar-refractivity contribution in [2.24, 2.45) is 0 Å². The minimum absolute atomic E-state index is 0.377. The normalized spacial score (nSPS) is 12.2. The highest BCUT2D eigenvalue weighted by Crippen LogP contribution is 2.34. The number of ether oxygens (including phenoxy) is 2. The first-order chi connectivity index (χ1) is 8.72. The summed E-state index contributed by atoms with van der Waals surface area (Å²) in [5, 5.41) is 0. The minimum Gasteiger partial charge on any atom is -0.490 e. The Balaban J connectivity index is 2.88. The van der Waals surface area contributed by atoms with Gasteiger partial charge in [-0.15, -0.1) is 0 Å². The molecule has 0 amide bonds. The summed E-state index contributed by atoms with van der Waals surface area (Å²) in [5.41, 5.74) is 1.24. The molecule has 0 aliphatic rings. The molecule has 102 valence electrons. The van der Waals surface area contributed by atoms with Crippen LogP contribution in [0, 0.1) is 0 Å². The molecule has 0 N–H and O–H groups in total. The van der Waals surface area contributed by atoms with Crippen LogP contribution in [0.2, 0.25) is 0 Å². The Morgan fingerprint density at radius 1 is 1.00 bits per heavy atom. The van der Waals surface area contributed by atoms with Crippen molar-refractivity contribution in [2.75, 3.05) is 13.2 Å². The molecule has 0 aliphatic carbocycles. The Morgan fingerprint density at radius 3 is 2.17 bits per heavy atom. The van der Waals surface area contributed by atoms with E-state index in [1.165, 1.54) is 5.56 Å². The van der Waals surface area contributed by atoms with Crippen molar-refractivity contribution < 1.29 is 9.47 Å². The molecule has 1 aromatic rings. The molecule has 1 aromatic carbocycles. The number of benzene rings is 1. The first kappa shape index (κ1) is 15.4. The molecule has 0 fully saturated rings. The zero-order chi connectivity index (χ0) is 13.4. The van der Waals surface area contributed by atoms with Gasteiger partial charge in [-0.1, -0.05) is 42.8 Å². The van der Waals surface area contributed by atoms with E-state index in [0.717, 1.165) is 44.0 Å². The van der Waals surface area contributed by atoms with E-state index in [1.54, 1.807) is 0 Å². The summed E-state index contributed by atoms with van der Waals surface area (Å²) < 4.78 is 11.5. The first-order valence-electron chi connectivity index (χ1n) is 6.76. The van der Waals surface area contributed by atoms with E-state index < -0.39 is 0 Å². The van der Waals surface area contributed by atoms with Crippen LogP contribution in [0.3, 0.4) is 0 Å². The van der Waals surface area contributed by atoms with Crippen LogP contribution < -0.4 is 9.47 Å². The standard InChI is InChI=1S/C15H23BrO2/c1-4-9-17-14-8-7-12(13(16)6-3)11-15(14)18-10-5-2/h7-8,11,13H,4-6,9-10H2,1-3H3. The number of hydrogen-bond donors (Lipinski definition) is 0. The second-order valence-electron chi connectivity index (χ2n) is 4.28. The lowest BCUT2D eigenvalue weighted by Gasteiger charge is -2.15. The topological polar surface area (TPSA) is 18.5 Å². The van der Waals surface area contributed by atoms with Crippen molar-refractivity contribution >= 4 is 15.9 Å². The highest BCUT2D eigenvalue weighted by molar-refractivity contribution is 9.09. The lowest BCUT2D eigenvalue weighted by molar-refractivity contribution is 0.268. The molecule has 0 aliphatic heterocycles. The summed E-state index contributed by atoms with van der Waals surface area (Å²) in [6.45, 7) is 7.83. The average molecular weight is 315 g/mol. The van der Waals surface area contributed by atoms with Gasteiger partial charge in [-0.05, 0) is 37.0 Å². The maximum atomic E-state index is 5.77. The Kier molecular flexibility index (Phi) is 7.18. The zero-order valence-electron chi connectivity index (χ0n) is 11.5. The van der Waals surface area contributed by atoms with E-state index in [1.807, 2.05) is 6.07 Å². The zero-order valence-corrected chi connectivity index (χ0v) is 13.1. The number of alkyl halides is 1. The molecule has 0 saturated heterocycles. The highest BCUT2D eigenvalue weighted by atomic mass is 79.9. The van der Waals surface area contributed by atoms with Crippen LogP contribution in [0.25, 0.3) is 0 Å². The second kappa shape index (κ2) is 8.41. The van der Waals surface area contributed by atoms with Gasteiger partial charge in [-0.25, -0.2) is 0 Å². The number of halogens is 1. The van der Waals surface area contributed by atoms with Crippen molar-refractivity contribution in [3.63, 3.8) is 0 Å². The summed E-state index contributed by atoms with van der Waals surface area (Å²) >= 11 is 3.67. The molecular formula is C15H23BrO2. The highest BCUT2D eigenvalue weighted by Gasteiger charge is 2.10. The first-order valence-corrected chi connectivity index (χ1v) is 7.68. The predicted octanol–water partition coefficient (Wildman–Crippen LogP) is 5.11. The van der Waals surface area contributed by atoms with Gasteiger partial charge >= 0.3 is 0 Å². The van der Waals surface area contributed by atoms with Crippen LogP contribution in [0.4, 0.5) is 0 Å². The van der Waals surface area contributed by atoms with Crippen molar-refractivity contribution in [1.29, 1.82) is 0 Å². The van der Waals surface area contributed by atoms with E-state index in [-0.39, 0.29) is 0 Å². The lowest BCUT2D eigenvalue weighted by Crippen LogP contribution is -2.02. The van der Waals surface area contributed by atoms with Crippen LogP contribution in [0.5, 0.6) is 11.5 Å². The summed E-state index contributed by atoms with van der Waals surface area (Å²) in [6.07, 6.45) is 3.07. The van der Waals surface area contributed by atoms with E-state index in [2.05, 4.69) is 48.8 Å². The van der Waals surface area contributed by atoms with Crippen molar-refractivity contribution in [3.8, 4) is 11.5 Å². The molecule has 0 spiro atoms. The lowest BCUT2D eigenvalue weighted by atomic mass is 10.1.